The Morgan fingerprint density at radius 1 is 1.39 bits per heavy atom. The van der Waals surface area contributed by atoms with Gasteiger partial charge in [0.25, 0.3) is 0 Å². The first-order chi connectivity index (χ1) is 11.2. The van der Waals surface area contributed by atoms with E-state index in [1.165, 1.54) is 6.33 Å². The number of hydrogen-bond acceptors (Lipinski definition) is 4. The predicted molar refractivity (Wildman–Crippen MR) is 85.2 cm³/mol. The Kier molecular flexibility index (Phi) is 5.33. The molecule has 0 bridgehead atoms. The van der Waals surface area contributed by atoms with Crippen molar-refractivity contribution in [3.63, 3.8) is 0 Å². The standard InChI is InChI=1S/C17H23FN4O/c18-15-6-16(9-21-17(23)5-13-3-1-2-4-13)22(11-15)10-14-7-19-12-20-8-14/h1,3,7-8,12-13,15-16H,2,4-6,9-11H2,(H,21,23)/t13?,15-,16-/m0/s1. The molecule has 1 aliphatic heterocycles. The summed E-state index contributed by atoms with van der Waals surface area (Å²) in [5.74, 6) is 0.428. The van der Waals surface area contributed by atoms with Gasteiger partial charge in [0, 0.05) is 50.1 Å². The number of halogens is 1. The molecule has 1 N–H and O–H groups in total. The van der Waals surface area contributed by atoms with Gasteiger partial charge in [-0.2, -0.15) is 0 Å². The highest BCUT2D eigenvalue weighted by molar-refractivity contribution is 5.76. The fourth-order valence-corrected chi connectivity index (χ4v) is 3.38. The maximum absolute atomic E-state index is 13.8. The molecule has 23 heavy (non-hydrogen) atoms. The molecule has 0 saturated carbocycles. The third-order valence-corrected chi connectivity index (χ3v) is 4.57. The topological polar surface area (TPSA) is 58.1 Å². The van der Waals surface area contributed by atoms with Gasteiger partial charge in [-0.05, 0) is 25.2 Å². The number of allylic oxidation sites excluding steroid dienone is 2. The molecule has 0 spiro atoms. The smallest absolute Gasteiger partial charge is 0.220 e. The first-order valence-corrected chi connectivity index (χ1v) is 8.26. The Bertz CT molecular complexity index is 551. The van der Waals surface area contributed by atoms with Crippen molar-refractivity contribution in [3.8, 4) is 0 Å². The molecular weight excluding hydrogens is 295 g/mol. The van der Waals surface area contributed by atoms with E-state index in [1.54, 1.807) is 12.4 Å². The molecule has 3 rings (SSSR count). The van der Waals surface area contributed by atoms with Crippen LogP contribution in [0.25, 0.3) is 0 Å². The Morgan fingerprint density at radius 2 is 2.22 bits per heavy atom. The van der Waals surface area contributed by atoms with Crippen molar-refractivity contribution >= 4 is 5.91 Å². The van der Waals surface area contributed by atoms with Crippen molar-refractivity contribution in [2.75, 3.05) is 13.1 Å². The minimum atomic E-state index is -0.834. The minimum Gasteiger partial charge on any atom is -0.355 e. The monoisotopic (exact) mass is 318 g/mol. The van der Waals surface area contributed by atoms with Crippen molar-refractivity contribution in [3.05, 3.63) is 36.4 Å². The number of alkyl halides is 1. The second-order valence-electron chi connectivity index (χ2n) is 6.44. The van der Waals surface area contributed by atoms with Crippen LogP contribution in [0.1, 0.15) is 31.2 Å². The SMILES string of the molecule is O=C(CC1C=CCC1)NC[C@@H]1C[C@H](F)CN1Cc1cncnc1. The zero-order valence-corrected chi connectivity index (χ0v) is 13.2. The lowest BCUT2D eigenvalue weighted by Crippen LogP contribution is -2.40. The fraction of sp³-hybridized carbons (Fsp3) is 0.588. The maximum Gasteiger partial charge on any atom is 0.220 e. The normalized spacial score (nSPS) is 27.4. The Morgan fingerprint density at radius 3 is 2.96 bits per heavy atom. The van der Waals surface area contributed by atoms with Crippen LogP contribution in [0.2, 0.25) is 0 Å². The van der Waals surface area contributed by atoms with Crippen LogP contribution >= 0.6 is 0 Å². The van der Waals surface area contributed by atoms with E-state index in [-0.39, 0.29) is 11.9 Å². The number of nitrogens with zero attached hydrogens (tertiary/aromatic N) is 3. The van der Waals surface area contributed by atoms with E-state index >= 15 is 0 Å². The lowest BCUT2D eigenvalue weighted by molar-refractivity contribution is -0.121. The van der Waals surface area contributed by atoms with Gasteiger partial charge in [-0.3, -0.25) is 9.69 Å². The number of amides is 1. The van der Waals surface area contributed by atoms with E-state index < -0.39 is 6.17 Å². The molecule has 0 radical (unpaired) electrons. The summed E-state index contributed by atoms with van der Waals surface area (Å²) in [6.07, 6.45) is 11.5. The van der Waals surface area contributed by atoms with Gasteiger partial charge < -0.3 is 5.32 Å². The van der Waals surface area contributed by atoms with E-state index in [0.717, 1.165) is 18.4 Å². The van der Waals surface area contributed by atoms with E-state index in [4.69, 9.17) is 0 Å². The highest BCUT2D eigenvalue weighted by Gasteiger charge is 2.32. The summed E-state index contributed by atoms with van der Waals surface area (Å²) in [7, 11) is 0. The number of aromatic nitrogens is 2. The molecule has 1 amide bonds. The number of carbonyl (C=O) groups excluding carboxylic acids is 1. The van der Waals surface area contributed by atoms with Crippen molar-refractivity contribution in [1.29, 1.82) is 0 Å². The molecule has 0 aromatic carbocycles. The van der Waals surface area contributed by atoms with Crippen LogP contribution in [0.5, 0.6) is 0 Å². The van der Waals surface area contributed by atoms with E-state index in [0.29, 0.717) is 38.4 Å². The average Bonchev–Trinajstić information content (AvgIpc) is 3.16. The summed E-state index contributed by atoms with van der Waals surface area (Å²) in [4.78, 5) is 22.1. The van der Waals surface area contributed by atoms with Crippen LogP contribution in [-0.2, 0) is 11.3 Å². The summed E-state index contributed by atoms with van der Waals surface area (Å²) in [5.41, 5.74) is 0.967. The van der Waals surface area contributed by atoms with Gasteiger partial charge in [-0.1, -0.05) is 12.2 Å². The van der Waals surface area contributed by atoms with Gasteiger partial charge in [-0.25, -0.2) is 14.4 Å². The maximum atomic E-state index is 13.8. The van der Waals surface area contributed by atoms with Crippen LogP contribution < -0.4 is 5.32 Å². The third kappa shape index (κ3) is 4.58. The van der Waals surface area contributed by atoms with Crippen LogP contribution in [-0.4, -0.2) is 46.1 Å². The van der Waals surface area contributed by atoms with Crippen molar-refractivity contribution in [2.45, 2.75) is 44.4 Å². The van der Waals surface area contributed by atoms with Gasteiger partial charge in [0.2, 0.25) is 5.91 Å². The number of rotatable bonds is 6. The van der Waals surface area contributed by atoms with Gasteiger partial charge >= 0.3 is 0 Å². The third-order valence-electron chi connectivity index (χ3n) is 4.57. The molecule has 2 heterocycles. The zero-order valence-electron chi connectivity index (χ0n) is 13.2. The van der Waals surface area contributed by atoms with E-state index in [9.17, 15) is 9.18 Å². The Labute approximate surface area is 136 Å². The molecule has 1 aliphatic carbocycles. The molecule has 5 nitrogen and oxygen atoms in total. The molecule has 6 heteroatoms. The van der Waals surface area contributed by atoms with E-state index in [2.05, 4.69) is 32.3 Å². The van der Waals surface area contributed by atoms with Crippen molar-refractivity contribution in [2.24, 2.45) is 5.92 Å². The van der Waals surface area contributed by atoms with Gasteiger partial charge in [0.05, 0.1) is 0 Å². The Balaban J connectivity index is 1.48. The second kappa shape index (κ2) is 7.64. The van der Waals surface area contributed by atoms with Gasteiger partial charge in [-0.15, -0.1) is 0 Å². The lowest BCUT2D eigenvalue weighted by Gasteiger charge is -2.24. The first kappa shape index (κ1) is 16.1. The van der Waals surface area contributed by atoms with Crippen LogP contribution in [0, 0.1) is 5.92 Å². The highest BCUT2D eigenvalue weighted by atomic mass is 19.1. The molecular formula is C17H23FN4O. The largest absolute Gasteiger partial charge is 0.355 e. The summed E-state index contributed by atoms with van der Waals surface area (Å²) in [6, 6.07) is 0.0354. The van der Waals surface area contributed by atoms with Crippen LogP contribution in [0.4, 0.5) is 4.39 Å². The van der Waals surface area contributed by atoms with Crippen LogP contribution in [0.15, 0.2) is 30.9 Å². The summed E-state index contributed by atoms with van der Waals surface area (Å²) < 4.78 is 13.8. The van der Waals surface area contributed by atoms with Crippen molar-refractivity contribution < 1.29 is 9.18 Å². The van der Waals surface area contributed by atoms with Crippen molar-refractivity contribution in [1.82, 2.24) is 20.2 Å². The minimum absolute atomic E-state index is 0.0354. The van der Waals surface area contributed by atoms with Gasteiger partial charge in [0.15, 0.2) is 0 Å². The lowest BCUT2D eigenvalue weighted by atomic mass is 10.0. The van der Waals surface area contributed by atoms with Crippen LogP contribution in [0.3, 0.4) is 0 Å². The number of hydrogen-bond donors (Lipinski definition) is 1. The molecule has 1 aromatic rings. The molecule has 1 unspecified atom stereocenters. The molecule has 124 valence electrons. The number of likely N-dealkylation sites (tertiary alicyclic amines) is 1. The number of nitrogens with one attached hydrogen (secondary N) is 1. The zero-order chi connectivity index (χ0) is 16.1. The molecule has 1 saturated heterocycles. The molecule has 2 aliphatic rings. The fourth-order valence-electron chi connectivity index (χ4n) is 3.38. The van der Waals surface area contributed by atoms with Gasteiger partial charge in [0.1, 0.15) is 12.5 Å². The van der Waals surface area contributed by atoms with E-state index in [1.807, 2.05) is 0 Å². The Hall–Kier alpha value is -1.82. The quantitative estimate of drug-likeness (QED) is 0.814. The summed E-state index contributed by atoms with van der Waals surface area (Å²) in [6.45, 7) is 1.53. The second-order valence-corrected chi connectivity index (χ2v) is 6.44. The molecule has 1 aromatic heterocycles. The molecule has 1 fully saturated rings. The first-order valence-electron chi connectivity index (χ1n) is 8.26. The summed E-state index contributed by atoms with van der Waals surface area (Å²) in [5, 5.41) is 2.98. The summed E-state index contributed by atoms with van der Waals surface area (Å²) >= 11 is 0. The highest BCUT2D eigenvalue weighted by Crippen LogP contribution is 2.23. The number of carbonyl (C=O) groups is 1. The predicted octanol–water partition coefficient (Wildman–Crippen LogP) is 1.86. The average molecular weight is 318 g/mol. The molecule has 3 atom stereocenters.